The van der Waals surface area contributed by atoms with Gasteiger partial charge in [0, 0.05) is 18.4 Å². The van der Waals surface area contributed by atoms with Gasteiger partial charge in [-0.05, 0) is 47.6 Å². The molecule has 1 aliphatic rings. The van der Waals surface area contributed by atoms with E-state index in [0.29, 0.717) is 19.6 Å². The number of methoxy groups -OCH3 is 1. The Morgan fingerprint density at radius 2 is 1.93 bits per heavy atom. The largest absolute Gasteiger partial charge is 0.383 e. The molecule has 0 fully saturated rings. The summed E-state index contributed by atoms with van der Waals surface area (Å²) >= 11 is 1.72. The van der Waals surface area contributed by atoms with Gasteiger partial charge in [-0.2, -0.15) is 0 Å². The molecule has 5 heteroatoms. The Morgan fingerprint density at radius 3 is 2.83 bits per heavy atom. The molecule has 2 aromatic heterocycles. The number of thiophene rings is 1. The molecule has 0 saturated carbocycles. The van der Waals surface area contributed by atoms with Gasteiger partial charge in [0.15, 0.2) is 0 Å². The zero-order valence-electron chi connectivity index (χ0n) is 16.6. The molecule has 0 radical (unpaired) electrons. The summed E-state index contributed by atoms with van der Waals surface area (Å²) in [4.78, 5) is 20.8. The van der Waals surface area contributed by atoms with E-state index in [1.165, 1.54) is 33.2 Å². The molecule has 4 nitrogen and oxygen atoms in total. The molecule has 1 aliphatic carbocycles. The molecule has 0 amide bonds. The smallest absolute Gasteiger partial charge is 0.262 e. The van der Waals surface area contributed by atoms with Crippen LogP contribution in [0.2, 0.25) is 0 Å². The Balaban J connectivity index is 1.68. The molecule has 0 unspecified atom stereocenters. The number of hydrogen-bond donors (Lipinski definition) is 0. The number of ether oxygens (including phenoxy) is 1. The SMILES string of the molecule is COCCn1c(Cc2cccc3ccccc23)nc2sc3c(c2c1=O)CCCC3. The average molecular weight is 405 g/mol. The number of aromatic nitrogens is 2. The first kappa shape index (κ1) is 18.5. The molecule has 0 saturated heterocycles. The van der Waals surface area contributed by atoms with Crippen molar-refractivity contribution in [1.82, 2.24) is 9.55 Å². The summed E-state index contributed by atoms with van der Waals surface area (Å²) in [5.74, 6) is 0.828. The first-order valence-corrected chi connectivity index (χ1v) is 11.1. The molecule has 0 atom stereocenters. The van der Waals surface area contributed by atoms with E-state index in [9.17, 15) is 4.79 Å². The minimum atomic E-state index is 0.0988. The standard InChI is InChI=1S/C24H24N2O2S/c1-28-14-13-26-21(15-17-9-6-8-16-7-2-3-10-18(16)17)25-23-22(24(26)27)19-11-4-5-12-20(19)29-23/h2-3,6-10H,4-5,11-15H2,1H3. The maximum absolute atomic E-state index is 13.5. The first-order chi connectivity index (χ1) is 14.3. The Morgan fingerprint density at radius 1 is 1.10 bits per heavy atom. The van der Waals surface area contributed by atoms with E-state index in [1.54, 1.807) is 18.4 Å². The Labute approximate surface area is 173 Å². The van der Waals surface area contributed by atoms with E-state index >= 15 is 0 Å². The second-order valence-corrected chi connectivity index (χ2v) is 8.77. The number of rotatable bonds is 5. The third-order valence-electron chi connectivity index (χ3n) is 5.90. The van der Waals surface area contributed by atoms with Gasteiger partial charge >= 0.3 is 0 Å². The van der Waals surface area contributed by atoms with Gasteiger partial charge in [-0.25, -0.2) is 4.98 Å². The summed E-state index contributed by atoms with van der Waals surface area (Å²) in [5.41, 5.74) is 2.54. The molecule has 2 aromatic carbocycles. The zero-order valence-corrected chi connectivity index (χ0v) is 17.4. The predicted molar refractivity (Wildman–Crippen MR) is 119 cm³/mol. The number of fused-ring (bicyclic) bond motifs is 4. The molecule has 0 spiro atoms. The lowest BCUT2D eigenvalue weighted by atomic mass is 9.97. The molecule has 5 rings (SSSR count). The van der Waals surface area contributed by atoms with E-state index in [4.69, 9.17) is 9.72 Å². The highest BCUT2D eigenvalue weighted by atomic mass is 32.1. The van der Waals surface area contributed by atoms with E-state index in [0.717, 1.165) is 35.3 Å². The second-order valence-electron chi connectivity index (χ2n) is 7.68. The fourth-order valence-electron chi connectivity index (χ4n) is 4.45. The van der Waals surface area contributed by atoms with Crippen molar-refractivity contribution in [3.05, 3.63) is 74.6 Å². The van der Waals surface area contributed by atoms with Crippen molar-refractivity contribution in [3.63, 3.8) is 0 Å². The van der Waals surface area contributed by atoms with Crippen molar-refractivity contribution >= 4 is 32.3 Å². The van der Waals surface area contributed by atoms with Gasteiger partial charge in [0.05, 0.1) is 18.5 Å². The van der Waals surface area contributed by atoms with E-state index in [1.807, 2.05) is 4.57 Å². The molecule has 2 heterocycles. The number of benzene rings is 2. The monoisotopic (exact) mass is 404 g/mol. The van der Waals surface area contributed by atoms with Crippen LogP contribution >= 0.6 is 11.3 Å². The van der Waals surface area contributed by atoms with Crippen molar-refractivity contribution < 1.29 is 4.74 Å². The maximum atomic E-state index is 13.5. The predicted octanol–water partition coefficient (Wildman–Crippen LogP) is 4.73. The van der Waals surface area contributed by atoms with Crippen LogP contribution in [0.1, 0.15) is 34.7 Å². The van der Waals surface area contributed by atoms with Crippen molar-refractivity contribution in [2.45, 2.75) is 38.6 Å². The van der Waals surface area contributed by atoms with E-state index in [2.05, 4.69) is 42.5 Å². The Bertz CT molecular complexity index is 1250. The minimum Gasteiger partial charge on any atom is -0.383 e. The average Bonchev–Trinajstić information content (AvgIpc) is 3.12. The van der Waals surface area contributed by atoms with Gasteiger partial charge in [0.1, 0.15) is 10.7 Å². The molecule has 29 heavy (non-hydrogen) atoms. The topological polar surface area (TPSA) is 44.1 Å². The quantitative estimate of drug-likeness (QED) is 0.483. The second kappa shape index (κ2) is 7.73. The van der Waals surface area contributed by atoms with Crippen LogP contribution < -0.4 is 5.56 Å². The number of nitrogens with zero attached hydrogens (tertiary/aromatic N) is 2. The molecule has 148 valence electrons. The van der Waals surface area contributed by atoms with Gasteiger partial charge < -0.3 is 4.74 Å². The summed E-state index contributed by atoms with van der Waals surface area (Å²) in [7, 11) is 1.67. The highest BCUT2D eigenvalue weighted by molar-refractivity contribution is 7.18. The normalized spacial score (nSPS) is 13.8. The highest BCUT2D eigenvalue weighted by Crippen LogP contribution is 2.34. The highest BCUT2D eigenvalue weighted by Gasteiger charge is 2.22. The minimum absolute atomic E-state index is 0.0988. The van der Waals surface area contributed by atoms with Gasteiger partial charge in [-0.3, -0.25) is 9.36 Å². The summed E-state index contributed by atoms with van der Waals surface area (Å²) in [6.45, 7) is 1.03. The molecule has 0 aliphatic heterocycles. The van der Waals surface area contributed by atoms with Crippen molar-refractivity contribution in [1.29, 1.82) is 0 Å². The summed E-state index contributed by atoms with van der Waals surface area (Å²) < 4.78 is 7.14. The van der Waals surface area contributed by atoms with Crippen LogP contribution in [0.3, 0.4) is 0 Å². The summed E-state index contributed by atoms with van der Waals surface area (Å²) in [6.07, 6.45) is 5.08. The maximum Gasteiger partial charge on any atom is 0.262 e. The summed E-state index contributed by atoms with van der Waals surface area (Å²) in [6, 6.07) is 14.7. The summed E-state index contributed by atoms with van der Waals surface area (Å²) in [5, 5.41) is 3.28. The van der Waals surface area contributed by atoms with Crippen molar-refractivity contribution in [2.24, 2.45) is 0 Å². The first-order valence-electron chi connectivity index (χ1n) is 10.3. The number of aryl methyl sites for hydroxylation is 2. The molecule has 4 aromatic rings. The van der Waals surface area contributed by atoms with E-state index < -0.39 is 0 Å². The van der Waals surface area contributed by atoms with E-state index in [-0.39, 0.29) is 5.56 Å². The number of hydrogen-bond acceptors (Lipinski definition) is 4. The lowest BCUT2D eigenvalue weighted by molar-refractivity contribution is 0.185. The van der Waals surface area contributed by atoms with Crippen LogP contribution in [0.5, 0.6) is 0 Å². The molecular weight excluding hydrogens is 380 g/mol. The van der Waals surface area contributed by atoms with Gasteiger partial charge in [0.2, 0.25) is 0 Å². The van der Waals surface area contributed by atoms with Crippen molar-refractivity contribution in [2.75, 3.05) is 13.7 Å². The van der Waals surface area contributed by atoms with Crippen LogP contribution in [0.15, 0.2) is 47.3 Å². The fourth-order valence-corrected chi connectivity index (χ4v) is 5.72. The fraction of sp³-hybridized carbons (Fsp3) is 0.333. The lowest BCUT2D eigenvalue weighted by Crippen LogP contribution is -2.27. The molecule has 0 bridgehead atoms. The zero-order chi connectivity index (χ0) is 19.8. The van der Waals surface area contributed by atoms with Crippen LogP contribution in [-0.2, 0) is 30.5 Å². The van der Waals surface area contributed by atoms with Gasteiger partial charge in [-0.1, -0.05) is 42.5 Å². The Kier molecular flexibility index (Phi) is 4.94. The van der Waals surface area contributed by atoms with Crippen LogP contribution in [-0.4, -0.2) is 23.3 Å². The van der Waals surface area contributed by atoms with Crippen molar-refractivity contribution in [3.8, 4) is 0 Å². The van der Waals surface area contributed by atoms with Crippen LogP contribution in [0.4, 0.5) is 0 Å². The Hall–Kier alpha value is -2.50. The molecular formula is C24H24N2O2S. The third kappa shape index (κ3) is 3.28. The van der Waals surface area contributed by atoms with Crippen LogP contribution in [0, 0.1) is 0 Å². The third-order valence-corrected chi connectivity index (χ3v) is 7.09. The lowest BCUT2D eigenvalue weighted by Gasteiger charge is -2.14. The molecule has 0 N–H and O–H groups in total. The van der Waals surface area contributed by atoms with Gasteiger partial charge in [0.25, 0.3) is 5.56 Å². The van der Waals surface area contributed by atoms with Gasteiger partial charge in [-0.15, -0.1) is 11.3 Å². The van der Waals surface area contributed by atoms with Crippen LogP contribution in [0.25, 0.3) is 21.0 Å².